The molecule has 112 valence electrons. The van der Waals surface area contributed by atoms with Crippen LogP contribution in [0.2, 0.25) is 0 Å². The van der Waals surface area contributed by atoms with E-state index in [-0.39, 0.29) is 0 Å². The molecule has 2 aromatic rings. The minimum Gasteiger partial charge on any atom is -0.398 e. The van der Waals surface area contributed by atoms with Crippen molar-refractivity contribution in [3.8, 4) is 0 Å². The van der Waals surface area contributed by atoms with Gasteiger partial charge in [0.25, 0.3) is 0 Å². The van der Waals surface area contributed by atoms with Gasteiger partial charge in [0.05, 0.1) is 19.8 Å². The minimum absolute atomic E-state index is 0.784. The Bertz CT molecular complexity index is 561. The molecule has 0 atom stereocenters. The number of anilines is 2. The molecular formula is C16H21N3OS. The van der Waals surface area contributed by atoms with Gasteiger partial charge < -0.3 is 15.8 Å². The molecule has 1 saturated heterocycles. The van der Waals surface area contributed by atoms with Gasteiger partial charge in [0.1, 0.15) is 0 Å². The molecule has 1 aliphatic rings. The highest BCUT2D eigenvalue weighted by Gasteiger charge is 2.10. The highest BCUT2D eigenvalue weighted by atomic mass is 32.1. The largest absolute Gasteiger partial charge is 0.398 e. The Morgan fingerprint density at radius 2 is 1.90 bits per heavy atom. The van der Waals surface area contributed by atoms with E-state index in [4.69, 9.17) is 10.5 Å². The van der Waals surface area contributed by atoms with Gasteiger partial charge in [0.15, 0.2) is 0 Å². The average molecular weight is 303 g/mol. The van der Waals surface area contributed by atoms with Crippen molar-refractivity contribution >= 4 is 22.7 Å². The summed E-state index contributed by atoms with van der Waals surface area (Å²) in [6.45, 7) is 5.53. The van der Waals surface area contributed by atoms with Gasteiger partial charge in [-0.3, -0.25) is 4.90 Å². The van der Waals surface area contributed by atoms with E-state index in [1.165, 1.54) is 10.4 Å². The van der Waals surface area contributed by atoms with Crippen LogP contribution in [0.1, 0.15) is 10.4 Å². The molecule has 0 spiro atoms. The Labute approximate surface area is 129 Å². The Balaban J connectivity index is 1.52. The van der Waals surface area contributed by atoms with Crippen LogP contribution in [0.15, 0.2) is 35.7 Å². The third-order valence-electron chi connectivity index (χ3n) is 3.70. The van der Waals surface area contributed by atoms with Crippen LogP contribution in [0.5, 0.6) is 0 Å². The van der Waals surface area contributed by atoms with Crippen molar-refractivity contribution < 1.29 is 4.74 Å². The van der Waals surface area contributed by atoms with E-state index in [2.05, 4.69) is 34.5 Å². The topological polar surface area (TPSA) is 50.5 Å². The first-order chi connectivity index (χ1) is 10.3. The Kier molecular flexibility index (Phi) is 4.75. The molecule has 1 fully saturated rings. The second-order valence-corrected chi connectivity index (χ2v) is 6.24. The van der Waals surface area contributed by atoms with E-state index in [9.17, 15) is 0 Å². The molecule has 1 aromatic carbocycles. The molecule has 1 aromatic heterocycles. The number of hydrogen-bond acceptors (Lipinski definition) is 5. The van der Waals surface area contributed by atoms with Gasteiger partial charge in [0.2, 0.25) is 0 Å². The van der Waals surface area contributed by atoms with Crippen molar-refractivity contribution in [1.29, 1.82) is 0 Å². The number of benzene rings is 1. The lowest BCUT2D eigenvalue weighted by molar-refractivity contribution is 0.0342. The van der Waals surface area contributed by atoms with Gasteiger partial charge in [-0.1, -0.05) is 12.1 Å². The molecule has 0 radical (unpaired) electrons. The normalized spacial score (nSPS) is 16.0. The summed E-state index contributed by atoms with van der Waals surface area (Å²) in [5.41, 5.74) is 9.24. The van der Waals surface area contributed by atoms with Crippen LogP contribution in [-0.4, -0.2) is 31.2 Å². The first-order valence-corrected chi connectivity index (χ1v) is 8.14. The number of hydrogen-bond donors (Lipinski definition) is 2. The van der Waals surface area contributed by atoms with Gasteiger partial charge in [-0.2, -0.15) is 0 Å². The van der Waals surface area contributed by atoms with Crippen molar-refractivity contribution in [3.63, 3.8) is 0 Å². The minimum atomic E-state index is 0.784. The van der Waals surface area contributed by atoms with Gasteiger partial charge in [-0.15, -0.1) is 11.3 Å². The molecule has 0 aliphatic carbocycles. The van der Waals surface area contributed by atoms with Crippen LogP contribution >= 0.6 is 11.3 Å². The molecule has 0 amide bonds. The Morgan fingerprint density at radius 3 is 2.57 bits per heavy atom. The van der Waals surface area contributed by atoms with Gasteiger partial charge in [-0.05, 0) is 29.1 Å². The summed E-state index contributed by atoms with van der Waals surface area (Å²) >= 11 is 1.69. The maximum atomic E-state index is 5.89. The van der Waals surface area contributed by atoms with Gasteiger partial charge >= 0.3 is 0 Å². The smallest absolute Gasteiger partial charge is 0.0594 e. The van der Waals surface area contributed by atoms with E-state index < -0.39 is 0 Å². The third kappa shape index (κ3) is 3.97. The van der Waals surface area contributed by atoms with Crippen molar-refractivity contribution in [2.24, 2.45) is 0 Å². The molecule has 0 unspecified atom stereocenters. The molecule has 2 heterocycles. The number of nitrogens with one attached hydrogen (secondary N) is 1. The number of ether oxygens (including phenoxy) is 1. The highest BCUT2D eigenvalue weighted by Crippen LogP contribution is 2.20. The lowest BCUT2D eigenvalue weighted by Gasteiger charge is -2.26. The quantitative estimate of drug-likeness (QED) is 0.892. The van der Waals surface area contributed by atoms with Crippen LogP contribution in [-0.2, 0) is 17.8 Å². The van der Waals surface area contributed by atoms with Crippen LogP contribution in [0.25, 0.3) is 0 Å². The zero-order valence-electron chi connectivity index (χ0n) is 12.0. The summed E-state index contributed by atoms with van der Waals surface area (Å²) in [5, 5.41) is 5.44. The van der Waals surface area contributed by atoms with E-state index >= 15 is 0 Å². The fourth-order valence-corrected chi connectivity index (χ4v) is 3.16. The van der Waals surface area contributed by atoms with E-state index in [0.717, 1.165) is 50.8 Å². The molecule has 1 aliphatic heterocycles. The lowest BCUT2D eigenvalue weighted by Crippen LogP contribution is -2.35. The summed E-state index contributed by atoms with van der Waals surface area (Å²) in [6.07, 6.45) is 0. The summed E-state index contributed by atoms with van der Waals surface area (Å²) in [4.78, 5) is 3.62. The number of morpholine rings is 1. The second kappa shape index (κ2) is 6.93. The van der Waals surface area contributed by atoms with E-state index in [1.807, 2.05) is 11.4 Å². The maximum absolute atomic E-state index is 5.89. The summed E-state index contributed by atoms with van der Waals surface area (Å²) in [6, 6.07) is 10.6. The van der Waals surface area contributed by atoms with Crippen LogP contribution < -0.4 is 11.1 Å². The van der Waals surface area contributed by atoms with Gasteiger partial charge in [-0.25, -0.2) is 0 Å². The molecule has 4 nitrogen and oxygen atoms in total. The molecule has 0 saturated carbocycles. The Morgan fingerprint density at radius 1 is 1.14 bits per heavy atom. The van der Waals surface area contributed by atoms with Crippen molar-refractivity contribution in [2.45, 2.75) is 13.1 Å². The second-order valence-electron chi connectivity index (χ2n) is 5.24. The molecule has 3 rings (SSSR count). The first kappa shape index (κ1) is 14.4. The fraction of sp³-hybridized carbons (Fsp3) is 0.375. The lowest BCUT2D eigenvalue weighted by atomic mass is 10.2. The number of rotatable bonds is 5. The molecule has 21 heavy (non-hydrogen) atoms. The van der Waals surface area contributed by atoms with E-state index in [1.54, 1.807) is 11.3 Å². The van der Waals surface area contributed by atoms with Crippen molar-refractivity contribution in [2.75, 3.05) is 37.4 Å². The fourth-order valence-electron chi connectivity index (χ4n) is 2.42. The van der Waals surface area contributed by atoms with Crippen molar-refractivity contribution in [3.05, 3.63) is 46.2 Å². The number of nitrogen functional groups attached to an aromatic ring is 1. The maximum Gasteiger partial charge on any atom is 0.0594 e. The molecule has 0 bridgehead atoms. The zero-order chi connectivity index (χ0) is 14.5. The highest BCUT2D eigenvalue weighted by molar-refractivity contribution is 7.10. The molecule has 3 N–H and O–H groups in total. The first-order valence-electron chi connectivity index (χ1n) is 7.26. The average Bonchev–Trinajstić information content (AvgIpc) is 2.93. The summed E-state index contributed by atoms with van der Waals surface area (Å²) in [7, 11) is 0. The number of nitrogens with two attached hydrogens (primary N) is 1. The SMILES string of the molecule is Nc1ccsc1CNc1ccc(CN2CCOCC2)cc1. The van der Waals surface area contributed by atoms with Crippen LogP contribution in [0.3, 0.4) is 0 Å². The monoisotopic (exact) mass is 303 g/mol. The Hall–Kier alpha value is -1.56. The van der Waals surface area contributed by atoms with Crippen LogP contribution in [0, 0.1) is 0 Å². The van der Waals surface area contributed by atoms with Gasteiger partial charge in [0, 0.05) is 35.9 Å². The van der Waals surface area contributed by atoms with E-state index in [0.29, 0.717) is 0 Å². The zero-order valence-corrected chi connectivity index (χ0v) is 12.9. The predicted octanol–water partition coefficient (Wildman–Crippen LogP) is 2.77. The standard InChI is InChI=1S/C16H21N3OS/c17-15-5-10-21-16(15)11-18-14-3-1-13(2-4-14)12-19-6-8-20-9-7-19/h1-5,10,18H,6-9,11-12,17H2. The number of nitrogens with zero attached hydrogens (tertiary/aromatic N) is 1. The molecular weight excluding hydrogens is 282 g/mol. The predicted molar refractivity (Wildman–Crippen MR) is 88.6 cm³/mol. The summed E-state index contributed by atoms with van der Waals surface area (Å²) < 4.78 is 5.37. The molecule has 5 heteroatoms. The summed E-state index contributed by atoms with van der Waals surface area (Å²) in [5.74, 6) is 0. The number of thiophene rings is 1. The van der Waals surface area contributed by atoms with Crippen molar-refractivity contribution in [1.82, 2.24) is 4.90 Å². The van der Waals surface area contributed by atoms with Crippen LogP contribution in [0.4, 0.5) is 11.4 Å². The third-order valence-corrected chi connectivity index (χ3v) is 4.63.